The minimum absolute atomic E-state index is 0.0605. The highest BCUT2D eigenvalue weighted by Crippen LogP contribution is 2.73. The summed E-state index contributed by atoms with van der Waals surface area (Å²) in [6.45, 7) is 14.3. The molecular weight excluding hydrogens is 520 g/mol. The summed E-state index contributed by atoms with van der Waals surface area (Å²) < 4.78 is 11.8. The number of rotatable bonds is 7. The second kappa shape index (κ2) is 10.7. The van der Waals surface area contributed by atoms with Gasteiger partial charge in [0.1, 0.15) is 29.5 Å². The molecule has 2 bridgehead atoms. The minimum Gasteiger partial charge on any atom is -0.388 e. The van der Waals surface area contributed by atoms with Crippen molar-refractivity contribution in [2.45, 2.75) is 135 Å². The van der Waals surface area contributed by atoms with E-state index in [0.717, 1.165) is 19.3 Å². The molecule has 7 nitrogen and oxygen atoms in total. The van der Waals surface area contributed by atoms with E-state index in [0.29, 0.717) is 41.9 Å². The number of hydrogen-bond acceptors (Lipinski definition) is 7. The zero-order valence-electron chi connectivity index (χ0n) is 26.0. The topological polar surface area (TPSA) is 97.6 Å². The Balaban J connectivity index is 1.21. The molecule has 7 aliphatic rings. The van der Waals surface area contributed by atoms with Gasteiger partial charge in [0.25, 0.3) is 0 Å². The summed E-state index contributed by atoms with van der Waals surface area (Å²) >= 11 is 0. The van der Waals surface area contributed by atoms with Gasteiger partial charge in [0.2, 0.25) is 0 Å². The van der Waals surface area contributed by atoms with E-state index in [9.17, 15) is 15.3 Å². The molecule has 7 heteroatoms. The van der Waals surface area contributed by atoms with Crippen molar-refractivity contribution < 1.29 is 34.6 Å². The van der Waals surface area contributed by atoms with Crippen LogP contribution in [0, 0.1) is 46.3 Å². The Kier molecular flexibility index (Phi) is 7.87. The van der Waals surface area contributed by atoms with E-state index in [1.54, 1.807) is 0 Å². The fourth-order valence-corrected chi connectivity index (χ4v) is 10.5. The molecule has 3 aliphatic heterocycles. The number of ether oxygens (including phenoxy) is 2. The van der Waals surface area contributed by atoms with Crippen molar-refractivity contribution in [2.75, 3.05) is 6.61 Å². The Morgan fingerprint density at radius 2 is 1.71 bits per heavy atom. The van der Waals surface area contributed by atoms with Crippen molar-refractivity contribution in [1.82, 2.24) is 0 Å². The van der Waals surface area contributed by atoms with Crippen molar-refractivity contribution in [3.05, 3.63) is 24.3 Å². The maximum Gasteiger partial charge on any atom is 0.186 e. The number of allylic oxidation sites excluding steroid dienone is 2. The van der Waals surface area contributed by atoms with Crippen LogP contribution in [0.4, 0.5) is 0 Å². The van der Waals surface area contributed by atoms with Gasteiger partial charge in [-0.25, -0.2) is 9.78 Å². The lowest BCUT2D eigenvalue weighted by Crippen LogP contribution is -2.73. The first-order valence-electron chi connectivity index (χ1n) is 16.5. The normalized spacial score (nSPS) is 52.3. The smallest absolute Gasteiger partial charge is 0.186 e. The van der Waals surface area contributed by atoms with E-state index < -0.39 is 30.2 Å². The Morgan fingerprint density at radius 1 is 0.927 bits per heavy atom. The fourth-order valence-electron chi connectivity index (χ4n) is 10.5. The van der Waals surface area contributed by atoms with Gasteiger partial charge >= 0.3 is 0 Å². The van der Waals surface area contributed by atoms with Crippen LogP contribution in [0.1, 0.15) is 92.9 Å². The number of hydrogen-bond donors (Lipinski definition) is 3. The van der Waals surface area contributed by atoms with Crippen LogP contribution >= 0.6 is 0 Å². The van der Waals surface area contributed by atoms with Crippen LogP contribution in [0.3, 0.4) is 0 Å². The van der Waals surface area contributed by atoms with Crippen LogP contribution in [0.15, 0.2) is 24.3 Å². The molecule has 7 rings (SSSR count). The highest BCUT2D eigenvalue weighted by Gasteiger charge is 2.74. The van der Waals surface area contributed by atoms with Gasteiger partial charge in [0.05, 0.1) is 12.7 Å². The summed E-state index contributed by atoms with van der Waals surface area (Å²) in [5.41, 5.74) is -0.838. The first-order chi connectivity index (χ1) is 19.4. The Hall–Kier alpha value is -0.800. The molecule has 41 heavy (non-hydrogen) atoms. The molecule has 6 unspecified atom stereocenters. The van der Waals surface area contributed by atoms with E-state index in [2.05, 4.69) is 65.8 Å². The van der Waals surface area contributed by atoms with E-state index in [4.69, 9.17) is 19.2 Å². The van der Waals surface area contributed by atoms with Crippen molar-refractivity contribution in [3.8, 4) is 0 Å². The third-order valence-electron chi connectivity index (χ3n) is 13.1. The molecule has 3 saturated carbocycles. The average molecular weight is 575 g/mol. The molecule has 0 aromatic carbocycles. The Labute approximate surface area is 246 Å². The molecule has 5 fully saturated rings. The van der Waals surface area contributed by atoms with E-state index in [1.807, 2.05) is 0 Å². The predicted octanol–water partition coefficient (Wildman–Crippen LogP) is 5.33. The largest absolute Gasteiger partial charge is 0.388 e. The van der Waals surface area contributed by atoms with Crippen LogP contribution in [-0.4, -0.2) is 63.8 Å². The molecule has 2 spiro atoms. The maximum absolute atomic E-state index is 10.4. The van der Waals surface area contributed by atoms with Crippen molar-refractivity contribution in [2.24, 2.45) is 46.3 Å². The van der Waals surface area contributed by atoms with Crippen molar-refractivity contribution >= 4 is 0 Å². The first-order valence-corrected chi connectivity index (χ1v) is 16.5. The van der Waals surface area contributed by atoms with Gasteiger partial charge in [0.15, 0.2) is 6.29 Å². The van der Waals surface area contributed by atoms with E-state index in [1.165, 1.54) is 25.7 Å². The average Bonchev–Trinajstić information content (AvgIpc) is 3.31. The lowest BCUT2D eigenvalue weighted by atomic mass is 9.42. The van der Waals surface area contributed by atoms with E-state index in [-0.39, 0.29) is 29.1 Å². The molecular formula is C34H54O7. The van der Waals surface area contributed by atoms with Crippen molar-refractivity contribution in [1.29, 1.82) is 0 Å². The summed E-state index contributed by atoms with van der Waals surface area (Å²) in [5, 5.41) is 30.4. The number of aliphatic hydroxyl groups excluding tert-OH is 3. The summed E-state index contributed by atoms with van der Waals surface area (Å²) in [6.07, 6.45) is 13.1. The highest BCUT2D eigenvalue weighted by molar-refractivity contribution is 5.33. The molecule has 14 atom stereocenters. The quantitative estimate of drug-likeness (QED) is 0.279. The minimum atomic E-state index is -1.29. The number of fused-ring (bicyclic) bond motifs is 2. The maximum atomic E-state index is 10.4. The highest BCUT2D eigenvalue weighted by atomic mass is 17.2. The fraction of sp³-hybridized carbons (Fsp3) is 0.882. The molecule has 0 aromatic heterocycles. The second-order valence-corrected chi connectivity index (χ2v) is 15.3. The summed E-state index contributed by atoms with van der Waals surface area (Å²) in [4.78, 5) is 13.1. The molecule has 232 valence electrons. The van der Waals surface area contributed by atoms with Gasteiger partial charge in [-0.3, -0.25) is 0 Å². The van der Waals surface area contributed by atoms with Gasteiger partial charge in [0, 0.05) is 23.7 Å². The predicted molar refractivity (Wildman–Crippen MR) is 155 cm³/mol. The zero-order chi connectivity index (χ0) is 29.4. The van der Waals surface area contributed by atoms with Crippen molar-refractivity contribution in [3.63, 3.8) is 0 Å². The third-order valence-corrected chi connectivity index (χ3v) is 13.1. The zero-order valence-corrected chi connectivity index (χ0v) is 26.0. The molecule has 0 aromatic rings. The third kappa shape index (κ3) is 4.47. The Bertz CT molecular complexity index is 1030. The van der Waals surface area contributed by atoms with Crippen LogP contribution in [-0.2, 0) is 19.2 Å². The van der Waals surface area contributed by atoms with Crippen LogP contribution < -0.4 is 0 Å². The molecule has 0 radical (unpaired) electrons. The second-order valence-electron chi connectivity index (χ2n) is 15.3. The molecule has 3 N–H and O–H groups in total. The standard InChI is InChI=1S/C34H54O7/c1-7-22(20(2)3)9-8-21(4)24-10-11-26-31(24,5)14-13-27-32(6)15-12-23(18-33(32)16-17-34(26,27)41-40-33)39-30-29(37)28(36)25(35)19-38-30/h8-9,16-17,20-30,35-37H,7,10-15,18-19H2,1-6H3/b9-8+/t21-,22-,23-,24?,25-,26?,27?,28+,29+,30-,31?,32?,33-,34?/m1/s1. The lowest BCUT2D eigenvalue weighted by Gasteiger charge is -2.69. The lowest BCUT2D eigenvalue weighted by molar-refractivity contribution is -0.499. The van der Waals surface area contributed by atoms with Crippen LogP contribution in [0.25, 0.3) is 0 Å². The number of aliphatic hydroxyl groups is 3. The summed E-state index contributed by atoms with van der Waals surface area (Å²) in [6, 6.07) is 0. The van der Waals surface area contributed by atoms with Gasteiger partial charge in [-0.05, 0) is 80.1 Å². The summed E-state index contributed by atoms with van der Waals surface area (Å²) in [5.74, 6) is 3.32. The molecule has 2 saturated heterocycles. The van der Waals surface area contributed by atoms with Gasteiger partial charge < -0.3 is 24.8 Å². The van der Waals surface area contributed by atoms with Gasteiger partial charge in [-0.1, -0.05) is 59.8 Å². The van der Waals surface area contributed by atoms with Gasteiger partial charge in [-0.15, -0.1) is 0 Å². The molecule has 4 aliphatic carbocycles. The first kappa shape index (κ1) is 30.2. The Morgan fingerprint density at radius 3 is 2.39 bits per heavy atom. The van der Waals surface area contributed by atoms with Crippen LogP contribution in [0.5, 0.6) is 0 Å². The monoisotopic (exact) mass is 574 g/mol. The van der Waals surface area contributed by atoms with E-state index >= 15 is 0 Å². The van der Waals surface area contributed by atoms with Crippen LogP contribution in [0.2, 0.25) is 0 Å². The SMILES string of the molecule is CC[C@H](/C=C/[C@@H](C)C1CCC2C1(C)CCC1C23C=C[C@]2(C[C@H](O[C@H]4OC[C@@H](O)[C@H](O)[C@@H]4O)CCC12C)OO3)C(C)C. The van der Waals surface area contributed by atoms with Gasteiger partial charge in [-0.2, -0.15) is 0 Å². The molecule has 0 amide bonds. The summed E-state index contributed by atoms with van der Waals surface area (Å²) in [7, 11) is 0. The molecule has 3 heterocycles.